The first-order valence-corrected chi connectivity index (χ1v) is 6.98. The van der Waals surface area contributed by atoms with Crippen LogP contribution in [0, 0.1) is 6.92 Å². The summed E-state index contributed by atoms with van der Waals surface area (Å²) in [6, 6.07) is 8.47. The maximum absolute atomic E-state index is 5.85. The van der Waals surface area contributed by atoms with Gasteiger partial charge in [0, 0.05) is 31.9 Å². The summed E-state index contributed by atoms with van der Waals surface area (Å²) in [6.45, 7) is 6.52. The zero-order valence-corrected chi connectivity index (χ0v) is 11.1. The van der Waals surface area contributed by atoms with Gasteiger partial charge in [0.2, 0.25) is 0 Å². The SMILES string of the molecule is Cc1ccccc1NCCN1CC2CCC(C1)O2. The fraction of sp³-hybridized carbons (Fsp3) is 0.600. The van der Waals surface area contributed by atoms with Crippen molar-refractivity contribution in [3.8, 4) is 0 Å². The lowest BCUT2D eigenvalue weighted by Gasteiger charge is -2.32. The van der Waals surface area contributed by atoms with Crippen LogP contribution in [-0.2, 0) is 4.74 Å². The first-order chi connectivity index (χ1) is 8.81. The number of hydrogen-bond donors (Lipinski definition) is 1. The molecule has 2 aliphatic rings. The maximum atomic E-state index is 5.85. The van der Waals surface area contributed by atoms with Crippen molar-refractivity contribution in [2.75, 3.05) is 31.5 Å². The number of ether oxygens (including phenoxy) is 1. The summed E-state index contributed by atoms with van der Waals surface area (Å²) >= 11 is 0. The van der Waals surface area contributed by atoms with E-state index < -0.39 is 0 Å². The van der Waals surface area contributed by atoms with Crippen molar-refractivity contribution in [1.82, 2.24) is 4.90 Å². The third-order valence-corrected chi connectivity index (χ3v) is 4.01. The van der Waals surface area contributed by atoms with E-state index in [0.29, 0.717) is 12.2 Å². The molecule has 3 rings (SSSR count). The van der Waals surface area contributed by atoms with Crippen molar-refractivity contribution < 1.29 is 4.74 Å². The van der Waals surface area contributed by atoms with E-state index in [9.17, 15) is 0 Å². The number of hydrogen-bond acceptors (Lipinski definition) is 3. The minimum atomic E-state index is 0.502. The molecule has 0 aromatic heterocycles. The van der Waals surface area contributed by atoms with Gasteiger partial charge >= 0.3 is 0 Å². The minimum Gasteiger partial charge on any atom is -0.384 e. The van der Waals surface area contributed by atoms with Gasteiger partial charge in [-0.25, -0.2) is 0 Å². The molecular formula is C15H22N2O. The number of para-hydroxylation sites is 1. The van der Waals surface area contributed by atoms with Crippen LogP contribution >= 0.6 is 0 Å². The molecule has 0 radical (unpaired) electrons. The zero-order valence-electron chi connectivity index (χ0n) is 11.1. The summed E-state index contributed by atoms with van der Waals surface area (Å²) in [7, 11) is 0. The Morgan fingerprint density at radius 2 is 1.94 bits per heavy atom. The predicted octanol–water partition coefficient (Wildman–Crippen LogP) is 2.27. The lowest BCUT2D eigenvalue weighted by molar-refractivity contribution is -0.0368. The number of aryl methyl sites for hydroxylation is 1. The summed E-state index contributed by atoms with van der Waals surface area (Å²) in [6.07, 6.45) is 3.52. The summed E-state index contributed by atoms with van der Waals surface area (Å²) < 4.78 is 5.85. The number of nitrogens with zero attached hydrogens (tertiary/aromatic N) is 1. The second kappa shape index (κ2) is 5.29. The van der Waals surface area contributed by atoms with Gasteiger partial charge < -0.3 is 10.1 Å². The Bertz CT molecular complexity index is 395. The summed E-state index contributed by atoms with van der Waals surface area (Å²) in [5.41, 5.74) is 2.58. The van der Waals surface area contributed by atoms with Gasteiger partial charge in [-0.1, -0.05) is 18.2 Å². The highest BCUT2D eigenvalue weighted by Gasteiger charge is 2.33. The molecule has 0 spiro atoms. The molecule has 1 aromatic rings. The fourth-order valence-electron chi connectivity index (χ4n) is 3.00. The molecule has 2 unspecified atom stereocenters. The van der Waals surface area contributed by atoms with Crippen molar-refractivity contribution in [2.24, 2.45) is 0 Å². The number of fused-ring (bicyclic) bond motifs is 2. The van der Waals surface area contributed by atoms with Gasteiger partial charge in [0.1, 0.15) is 0 Å². The zero-order chi connectivity index (χ0) is 12.4. The number of morpholine rings is 1. The second-order valence-electron chi connectivity index (χ2n) is 5.46. The Kier molecular flexibility index (Phi) is 3.52. The van der Waals surface area contributed by atoms with Crippen molar-refractivity contribution in [3.05, 3.63) is 29.8 Å². The number of benzene rings is 1. The minimum absolute atomic E-state index is 0.502. The standard InChI is InChI=1S/C15H22N2O/c1-12-4-2-3-5-15(12)16-8-9-17-10-13-6-7-14(11-17)18-13/h2-5,13-14,16H,6-11H2,1H3. The Labute approximate surface area is 109 Å². The van der Waals surface area contributed by atoms with Crippen LogP contribution in [0.4, 0.5) is 5.69 Å². The van der Waals surface area contributed by atoms with Gasteiger partial charge in [-0.15, -0.1) is 0 Å². The molecule has 2 bridgehead atoms. The fourth-order valence-corrected chi connectivity index (χ4v) is 3.00. The number of nitrogens with one attached hydrogen (secondary N) is 1. The molecule has 0 saturated carbocycles. The van der Waals surface area contributed by atoms with Crippen LogP contribution in [0.15, 0.2) is 24.3 Å². The van der Waals surface area contributed by atoms with E-state index in [-0.39, 0.29) is 0 Å². The maximum Gasteiger partial charge on any atom is 0.0707 e. The molecule has 2 saturated heterocycles. The van der Waals surface area contributed by atoms with E-state index in [1.54, 1.807) is 0 Å². The molecule has 98 valence electrons. The molecular weight excluding hydrogens is 224 g/mol. The largest absolute Gasteiger partial charge is 0.384 e. The molecule has 18 heavy (non-hydrogen) atoms. The van der Waals surface area contributed by atoms with Crippen LogP contribution in [0.5, 0.6) is 0 Å². The molecule has 2 atom stereocenters. The van der Waals surface area contributed by atoms with Crippen LogP contribution in [0.3, 0.4) is 0 Å². The highest BCUT2D eigenvalue weighted by molar-refractivity contribution is 5.50. The lowest BCUT2D eigenvalue weighted by atomic mass is 10.2. The van der Waals surface area contributed by atoms with Crippen LogP contribution in [0.2, 0.25) is 0 Å². The first kappa shape index (κ1) is 12.0. The van der Waals surface area contributed by atoms with Crippen LogP contribution in [0.1, 0.15) is 18.4 Å². The number of anilines is 1. The van der Waals surface area contributed by atoms with E-state index in [2.05, 4.69) is 41.4 Å². The molecule has 2 aliphatic heterocycles. The Morgan fingerprint density at radius 3 is 2.67 bits per heavy atom. The molecule has 3 heteroatoms. The summed E-state index contributed by atoms with van der Waals surface area (Å²) in [4.78, 5) is 2.54. The molecule has 2 heterocycles. The monoisotopic (exact) mass is 246 g/mol. The average molecular weight is 246 g/mol. The van der Waals surface area contributed by atoms with Gasteiger partial charge in [0.15, 0.2) is 0 Å². The summed E-state index contributed by atoms with van der Waals surface area (Å²) in [5.74, 6) is 0. The van der Waals surface area contributed by atoms with Gasteiger partial charge in [0.05, 0.1) is 12.2 Å². The molecule has 3 nitrogen and oxygen atoms in total. The third kappa shape index (κ3) is 2.68. The third-order valence-electron chi connectivity index (χ3n) is 4.01. The number of rotatable bonds is 4. The second-order valence-corrected chi connectivity index (χ2v) is 5.46. The molecule has 0 amide bonds. The van der Waals surface area contributed by atoms with E-state index in [1.165, 1.54) is 24.1 Å². The van der Waals surface area contributed by atoms with Gasteiger partial charge in [-0.2, -0.15) is 0 Å². The first-order valence-electron chi connectivity index (χ1n) is 6.98. The molecule has 2 fully saturated rings. The van der Waals surface area contributed by atoms with E-state index in [1.807, 2.05) is 0 Å². The van der Waals surface area contributed by atoms with Crippen molar-refractivity contribution >= 4 is 5.69 Å². The lowest BCUT2D eigenvalue weighted by Crippen LogP contribution is -2.44. The predicted molar refractivity (Wildman–Crippen MR) is 74.0 cm³/mol. The van der Waals surface area contributed by atoms with E-state index >= 15 is 0 Å². The van der Waals surface area contributed by atoms with Gasteiger partial charge in [0.25, 0.3) is 0 Å². The van der Waals surface area contributed by atoms with Gasteiger partial charge in [-0.05, 0) is 31.4 Å². The quantitative estimate of drug-likeness (QED) is 0.882. The van der Waals surface area contributed by atoms with Crippen molar-refractivity contribution in [3.63, 3.8) is 0 Å². The van der Waals surface area contributed by atoms with E-state index in [0.717, 1.165) is 26.2 Å². The Hall–Kier alpha value is -1.06. The highest BCUT2D eigenvalue weighted by Crippen LogP contribution is 2.25. The van der Waals surface area contributed by atoms with Gasteiger partial charge in [-0.3, -0.25) is 4.90 Å². The Balaban J connectivity index is 1.46. The van der Waals surface area contributed by atoms with E-state index in [4.69, 9.17) is 4.74 Å². The van der Waals surface area contributed by atoms with Crippen LogP contribution in [0.25, 0.3) is 0 Å². The highest BCUT2D eigenvalue weighted by atomic mass is 16.5. The van der Waals surface area contributed by atoms with Crippen molar-refractivity contribution in [1.29, 1.82) is 0 Å². The Morgan fingerprint density at radius 1 is 1.22 bits per heavy atom. The molecule has 1 N–H and O–H groups in total. The molecule has 0 aliphatic carbocycles. The van der Waals surface area contributed by atoms with Crippen molar-refractivity contribution in [2.45, 2.75) is 32.0 Å². The molecule has 1 aromatic carbocycles. The smallest absolute Gasteiger partial charge is 0.0707 e. The van der Waals surface area contributed by atoms with Crippen LogP contribution in [-0.4, -0.2) is 43.3 Å². The number of likely N-dealkylation sites (tertiary alicyclic amines) is 1. The van der Waals surface area contributed by atoms with Crippen LogP contribution < -0.4 is 5.32 Å². The topological polar surface area (TPSA) is 24.5 Å². The summed E-state index contributed by atoms with van der Waals surface area (Å²) in [5, 5.41) is 3.53. The normalized spacial score (nSPS) is 27.4. The average Bonchev–Trinajstić information content (AvgIpc) is 2.71.